The summed E-state index contributed by atoms with van der Waals surface area (Å²) in [4.78, 5) is 5.29. The topological polar surface area (TPSA) is 38.7 Å². The predicted octanol–water partition coefficient (Wildman–Crippen LogP) is 0.127. The second-order valence-corrected chi connectivity index (χ2v) is 7.55. The predicted molar refractivity (Wildman–Crippen MR) is 75.1 cm³/mol. The van der Waals surface area contributed by atoms with Crippen LogP contribution in [-0.4, -0.2) is 72.9 Å². The van der Waals surface area contributed by atoms with E-state index in [9.17, 15) is 5.11 Å². The first-order valence-electron chi connectivity index (χ1n) is 8.08. The van der Waals surface area contributed by atoms with Gasteiger partial charge in [-0.3, -0.25) is 4.90 Å². The number of nitrogens with zero attached hydrogens (tertiary/aromatic N) is 2. The molecule has 19 heavy (non-hydrogen) atoms. The maximum atomic E-state index is 9.37. The van der Waals surface area contributed by atoms with Crippen molar-refractivity contribution in [3.05, 3.63) is 0 Å². The first kappa shape index (κ1) is 12.6. The van der Waals surface area contributed by atoms with E-state index in [4.69, 9.17) is 0 Å². The van der Waals surface area contributed by atoms with Crippen LogP contribution in [0.2, 0.25) is 0 Å². The summed E-state index contributed by atoms with van der Waals surface area (Å²) in [6.45, 7) is 9.06. The van der Waals surface area contributed by atoms with Crippen molar-refractivity contribution >= 4 is 0 Å². The van der Waals surface area contributed by atoms with E-state index in [0.717, 1.165) is 18.8 Å². The number of aliphatic hydroxyl groups excluding tert-OH is 1. The summed E-state index contributed by atoms with van der Waals surface area (Å²) < 4.78 is 0. The van der Waals surface area contributed by atoms with Crippen LogP contribution in [-0.2, 0) is 0 Å². The van der Waals surface area contributed by atoms with Gasteiger partial charge in [0.1, 0.15) is 0 Å². The van der Waals surface area contributed by atoms with Gasteiger partial charge in [0.25, 0.3) is 0 Å². The van der Waals surface area contributed by atoms with Gasteiger partial charge in [0, 0.05) is 44.2 Å². The smallest absolute Gasteiger partial charge is 0.0570 e. The van der Waals surface area contributed by atoms with Crippen molar-refractivity contribution in [3.63, 3.8) is 0 Å². The zero-order chi connectivity index (χ0) is 12.9. The molecule has 4 heteroatoms. The summed E-state index contributed by atoms with van der Waals surface area (Å²) in [5, 5.41) is 12.8. The number of rotatable bonds is 3. The molecule has 0 aromatic carbocycles. The van der Waals surface area contributed by atoms with Gasteiger partial charge in [0.05, 0.1) is 6.10 Å². The van der Waals surface area contributed by atoms with Crippen LogP contribution in [0.15, 0.2) is 0 Å². The lowest BCUT2D eigenvalue weighted by Crippen LogP contribution is -2.74. The Bertz CT molecular complexity index is 322. The Morgan fingerprint density at radius 3 is 2.37 bits per heavy atom. The van der Waals surface area contributed by atoms with Crippen molar-refractivity contribution in [2.75, 3.05) is 45.8 Å². The number of hydrogen-bond acceptors (Lipinski definition) is 4. The third-order valence-corrected chi connectivity index (χ3v) is 5.77. The minimum absolute atomic E-state index is 0.000602. The normalized spacial score (nSPS) is 39.6. The van der Waals surface area contributed by atoms with E-state index in [1.165, 1.54) is 58.7 Å². The second-order valence-electron chi connectivity index (χ2n) is 7.55. The molecule has 0 radical (unpaired) electrons. The summed E-state index contributed by atoms with van der Waals surface area (Å²) in [5.74, 6) is 0.941. The molecule has 4 nitrogen and oxygen atoms in total. The van der Waals surface area contributed by atoms with E-state index in [1.54, 1.807) is 0 Å². The monoisotopic (exact) mass is 265 g/mol. The molecule has 4 aliphatic rings. The lowest BCUT2D eigenvalue weighted by atomic mass is 9.70. The van der Waals surface area contributed by atoms with Crippen LogP contribution in [0.4, 0.5) is 0 Å². The average molecular weight is 265 g/mol. The summed E-state index contributed by atoms with van der Waals surface area (Å²) in [5.41, 5.74) is 0.646. The van der Waals surface area contributed by atoms with Crippen LogP contribution < -0.4 is 5.32 Å². The highest BCUT2D eigenvalue weighted by Gasteiger charge is 2.54. The fraction of sp³-hybridized carbons (Fsp3) is 1.00. The first-order chi connectivity index (χ1) is 9.22. The third kappa shape index (κ3) is 2.33. The molecule has 0 amide bonds. The van der Waals surface area contributed by atoms with Gasteiger partial charge in [0.15, 0.2) is 0 Å². The molecule has 108 valence electrons. The molecule has 2 N–H and O–H groups in total. The first-order valence-corrected chi connectivity index (χ1v) is 8.08. The van der Waals surface area contributed by atoms with E-state index >= 15 is 0 Å². The van der Waals surface area contributed by atoms with Crippen LogP contribution in [0.3, 0.4) is 0 Å². The standard InChI is InChI=1S/C15H27N3O/c19-14-5-13(6-14)18-10-15(11-18)8-17(9-15)7-12-1-3-16-4-2-12/h12-14,16,19H,1-11H2. The Kier molecular flexibility index (Phi) is 3.10. The lowest BCUT2D eigenvalue weighted by Gasteiger charge is -2.64. The molecule has 0 unspecified atom stereocenters. The van der Waals surface area contributed by atoms with Crippen molar-refractivity contribution in [2.24, 2.45) is 11.3 Å². The SMILES string of the molecule is OC1CC(N2CC3(CN(CC4CCNCC4)C3)C2)C1. The molecule has 0 aromatic heterocycles. The largest absolute Gasteiger partial charge is 0.393 e. The fourth-order valence-corrected chi connectivity index (χ4v) is 4.59. The quantitative estimate of drug-likeness (QED) is 0.761. The molecule has 0 aromatic rings. The Morgan fingerprint density at radius 1 is 1.05 bits per heavy atom. The second kappa shape index (κ2) is 4.69. The highest BCUT2D eigenvalue weighted by molar-refractivity contribution is 5.08. The number of likely N-dealkylation sites (tertiary alicyclic amines) is 2. The van der Waals surface area contributed by atoms with Crippen LogP contribution in [0, 0.1) is 11.3 Å². The maximum absolute atomic E-state index is 9.37. The minimum atomic E-state index is -0.000602. The molecule has 3 heterocycles. The Hall–Kier alpha value is -0.160. The van der Waals surface area contributed by atoms with Gasteiger partial charge < -0.3 is 15.3 Å². The summed E-state index contributed by atoms with van der Waals surface area (Å²) in [6.07, 6.45) is 4.79. The zero-order valence-corrected chi connectivity index (χ0v) is 11.9. The zero-order valence-electron chi connectivity index (χ0n) is 11.9. The molecule has 1 spiro atoms. The molecule has 4 rings (SSSR count). The Morgan fingerprint density at radius 2 is 1.74 bits per heavy atom. The number of piperidine rings is 1. The molecule has 0 atom stereocenters. The molecule has 3 aliphatic heterocycles. The lowest BCUT2D eigenvalue weighted by molar-refractivity contribution is -0.156. The van der Waals surface area contributed by atoms with Gasteiger partial charge in [-0.1, -0.05) is 0 Å². The summed E-state index contributed by atoms with van der Waals surface area (Å²) in [7, 11) is 0. The summed E-state index contributed by atoms with van der Waals surface area (Å²) >= 11 is 0. The Labute approximate surface area is 116 Å². The maximum Gasteiger partial charge on any atom is 0.0570 e. The van der Waals surface area contributed by atoms with Crippen molar-refractivity contribution in [2.45, 2.75) is 37.8 Å². The van der Waals surface area contributed by atoms with E-state index in [-0.39, 0.29) is 6.10 Å². The number of aliphatic hydroxyl groups is 1. The highest BCUT2D eigenvalue weighted by Crippen LogP contribution is 2.44. The van der Waals surface area contributed by atoms with Gasteiger partial charge in [0.2, 0.25) is 0 Å². The van der Waals surface area contributed by atoms with Gasteiger partial charge in [-0.25, -0.2) is 0 Å². The number of hydrogen-bond donors (Lipinski definition) is 2. The van der Waals surface area contributed by atoms with Crippen molar-refractivity contribution < 1.29 is 5.11 Å². The molecule has 0 bridgehead atoms. The van der Waals surface area contributed by atoms with Gasteiger partial charge in [-0.15, -0.1) is 0 Å². The molecule has 1 saturated carbocycles. The van der Waals surface area contributed by atoms with E-state index in [1.807, 2.05) is 0 Å². The third-order valence-electron chi connectivity index (χ3n) is 5.77. The molecule has 4 fully saturated rings. The molecule has 3 saturated heterocycles. The fourth-order valence-electron chi connectivity index (χ4n) is 4.59. The van der Waals surface area contributed by atoms with Gasteiger partial charge in [-0.2, -0.15) is 0 Å². The average Bonchev–Trinajstić information content (AvgIpc) is 2.28. The van der Waals surface area contributed by atoms with E-state index in [2.05, 4.69) is 15.1 Å². The highest BCUT2D eigenvalue weighted by atomic mass is 16.3. The van der Waals surface area contributed by atoms with Crippen LogP contribution in [0.5, 0.6) is 0 Å². The van der Waals surface area contributed by atoms with Crippen LogP contribution in [0.25, 0.3) is 0 Å². The van der Waals surface area contributed by atoms with E-state index < -0.39 is 0 Å². The number of nitrogens with one attached hydrogen (secondary N) is 1. The van der Waals surface area contributed by atoms with Crippen molar-refractivity contribution in [1.29, 1.82) is 0 Å². The summed E-state index contributed by atoms with van der Waals surface area (Å²) in [6, 6.07) is 0.707. The Balaban J connectivity index is 1.17. The van der Waals surface area contributed by atoms with Gasteiger partial charge >= 0.3 is 0 Å². The molecular weight excluding hydrogens is 238 g/mol. The molecule has 1 aliphatic carbocycles. The molecular formula is C15H27N3O. The van der Waals surface area contributed by atoms with Crippen molar-refractivity contribution in [3.8, 4) is 0 Å². The minimum Gasteiger partial charge on any atom is -0.393 e. The van der Waals surface area contributed by atoms with E-state index in [0.29, 0.717) is 11.5 Å². The van der Waals surface area contributed by atoms with Crippen LogP contribution in [0.1, 0.15) is 25.7 Å². The van der Waals surface area contributed by atoms with Crippen LogP contribution >= 0.6 is 0 Å². The van der Waals surface area contributed by atoms with Gasteiger partial charge in [-0.05, 0) is 44.7 Å². The van der Waals surface area contributed by atoms with Crippen molar-refractivity contribution in [1.82, 2.24) is 15.1 Å².